The average Bonchev–Trinajstić information content (AvgIpc) is 2.44. The van der Waals surface area contributed by atoms with Crippen LogP contribution in [0.5, 0.6) is 5.75 Å². The summed E-state index contributed by atoms with van der Waals surface area (Å²) in [4.78, 5) is 0. The van der Waals surface area contributed by atoms with Crippen molar-refractivity contribution < 1.29 is 4.74 Å². The summed E-state index contributed by atoms with van der Waals surface area (Å²) < 4.78 is 5.42. The van der Waals surface area contributed by atoms with Crippen LogP contribution in [0, 0.1) is 0 Å². The van der Waals surface area contributed by atoms with Crippen LogP contribution < -0.4 is 10.1 Å². The predicted octanol–water partition coefficient (Wildman–Crippen LogP) is 5.57. The first-order chi connectivity index (χ1) is 9.60. The number of anilines is 1. The molecule has 1 atom stereocenters. The Balaban J connectivity index is 2.10. The molecule has 2 rings (SSSR count). The summed E-state index contributed by atoms with van der Waals surface area (Å²) >= 11 is 12.2. The number of hydrogen-bond acceptors (Lipinski definition) is 2. The van der Waals surface area contributed by atoms with Gasteiger partial charge in [-0.3, -0.25) is 0 Å². The van der Waals surface area contributed by atoms with Gasteiger partial charge in [-0.1, -0.05) is 23.2 Å². The van der Waals surface area contributed by atoms with Gasteiger partial charge < -0.3 is 10.1 Å². The predicted molar refractivity (Wildman–Crippen MR) is 86.1 cm³/mol. The van der Waals surface area contributed by atoms with Gasteiger partial charge in [0.1, 0.15) is 5.75 Å². The first kappa shape index (κ1) is 15.0. The van der Waals surface area contributed by atoms with E-state index in [1.165, 1.54) is 0 Å². The molecule has 0 aromatic heterocycles. The topological polar surface area (TPSA) is 21.3 Å². The van der Waals surface area contributed by atoms with Crippen LogP contribution in [0.15, 0.2) is 42.5 Å². The fourth-order valence-corrected chi connectivity index (χ4v) is 2.45. The van der Waals surface area contributed by atoms with Crippen molar-refractivity contribution in [2.75, 3.05) is 11.9 Å². The van der Waals surface area contributed by atoms with E-state index in [1.54, 1.807) is 6.07 Å². The van der Waals surface area contributed by atoms with Crippen molar-refractivity contribution >= 4 is 28.9 Å². The summed E-state index contributed by atoms with van der Waals surface area (Å²) in [5.41, 5.74) is 1.99. The summed E-state index contributed by atoms with van der Waals surface area (Å²) in [6.07, 6.45) is 0. The Labute approximate surface area is 129 Å². The van der Waals surface area contributed by atoms with Crippen molar-refractivity contribution in [1.29, 1.82) is 0 Å². The maximum absolute atomic E-state index is 6.21. The van der Waals surface area contributed by atoms with Crippen molar-refractivity contribution in [2.24, 2.45) is 0 Å². The van der Waals surface area contributed by atoms with E-state index >= 15 is 0 Å². The van der Waals surface area contributed by atoms with Gasteiger partial charge in [0.25, 0.3) is 0 Å². The Morgan fingerprint density at radius 3 is 2.45 bits per heavy atom. The molecule has 0 amide bonds. The molecule has 0 aliphatic heterocycles. The van der Waals surface area contributed by atoms with Crippen LogP contribution in [0.25, 0.3) is 0 Å². The summed E-state index contributed by atoms with van der Waals surface area (Å²) in [5.74, 6) is 0.867. The van der Waals surface area contributed by atoms with Gasteiger partial charge in [-0.2, -0.15) is 0 Å². The van der Waals surface area contributed by atoms with Crippen LogP contribution >= 0.6 is 23.2 Å². The maximum atomic E-state index is 6.21. The first-order valence-corrected chi connectivity index (χ1v) is 7.30. The maximum Gasteiger partial charge on any atom is 0.119 e. The molecule has 0 spiro atoms. The summed E-state index contributed by atoms with van der Waals surface area (Å²) in [6.45, 7) is 4.69. The van der Waals surface area contributed by atoms with Crippen LogP contribution in [0.3, 0.4) is 0 Å². The van der Waals surface area contributed by atoms with E-state index in [-0.39, 0.29) is 6.04 Å². The molecule has 4 heteroatoms. The lowest BCUT2D eigenvalue weighted by Gasteiger charge is -2.17. The van der Waals surface area contributed by atoms with E-state index < -0.39 is 0 Å². The fraction of sp³-hybridized carbons (Fsp3) is 0.250. The third kappa shape index (κ3) is 3.81. The quantitative estimate of drug-likeness (QED) is 0.780. The summed E-state index contributed by atoms with van der Waals surface area (Å²) in [5, 5.41) is 4.79. The molecule has 2 aromatic carbocycles. The Kier molecular flexibility index (Phi) is 5.16. The molecule has 0 fully saturated rings. The monoisotopic (exact) mass is 309 g/mol. The highest BCUT2D eigenvalue weighted by Gasteiger charge is 2.10. The molecule has 0 aliphatic rings. The normalized spacial score (nSPS) is 12.0. The van der Waals surface area contributed by atoms with Crippen molar-refractivity contribution in [3.8, 4) is 5.75 Å². The van der Waals surface area contributed by atoms with Crippen LogP contribution in [0.1, 0.15) is 25.5 Å². The molecule has 20 heavy (non-hydrogen) atoms. The minimum atomic E-state index is 0.0687. The lowest BCUT2D eigenvalue weighted by Crippen LogP contribution is -2.07. The van der Waals surface area contributed by atoms with Gasteiger partial charge >= 0.3 is 0 Å². The molecule has 0 bridgehead atoms. The molecule has 1 N–H and O–H groups in total. The number of nitrogens with one attached hydrogen (secondary N) is 1. The van der Waals surface area contributed by atoms with Crippen LogP contribution in [0.4, 0.5) is 5.69 Å². The largest absolute Gasteiger partial charge is 0.494 e. The van der Waals surface area contributed by atoms with E-state index in [0.717, 1.165) is 17.0 Å². The molecule has 2 nitrogen and oxygen atoms in total. The van der Waals surface area contributed by atoms with E-state index in [4.69, 9.17) is 27.9 Å². The highest BCUT2D eigenvalue weighted by molar-refractivity contribution is 6.33. The molecule has 0 aliphatic carbocycles. The van der Waals surface area contributed by atoms with Crippen molar-refractivity contribution in [1.82, 2.24) is 0 Å². The Bertz CT molecular complexity index is 569. The third-order valence-electron chi connectivity index (χ3n) is 2.97. The third-order valence-corrected chi connectivity index (χ3v) is 3.55. The van der Waals surface area contributed by atoms with Gasteiger partial charge in [-0.05, 0) is 61.9 Å². The second-order valence-electron chi connectivity index (χ2n) is 4.49. The SMILES string of the molecule is CCOc1ccc(NC(C)c2cc(Cl)ccc2Cl)cc1. The molecule has 2 aromatic rings. The van der Waals surface area contributed by atoms with Crippen molar-refractivity contribution in [3.05, 3.63) is 58.1 Å². The number of hydrogen-bond donors (Lipinski definition) is 1. The lowest BCUT2D eigenvalue weighted by atomic mass is 10.1. The zero-order valence-electron chi connectivity index (χ0n) is 11.5. The second kappa shape index (κ2) is 6.87. The summed E-state index contributed by atoms with van der Waals surface area (Å²) in [7, 11) is 0. The molecule has 0 saturated carbocycles. The second-order valence-corrected chi connectivity index (χ2v) is 5.33. The zero-order valence-corrected chi connectivity index (χ0v) is 13.0. The smallest absolute Gasteiger partial charge is 0.119 e. The molecule has 1 unspecified atom stereocenters. The fourth-order valence-electron chi connectivity index (χ4n) is 1.99. The Hall–Kier alpha value is -1.38. The molecule has 0 radical (unpaired) electrons. The van der Waals surface area contributed by atoms with Crippen LogP contribution in [-0.4, -0.2) is 6.61 Å². The Morgan fingerprint density at radius 1 is 1.10 bits per heavy atom. The molecular weight excluding hydrogens is 293 g/mol. The highest BCUT2D eigenvalue weighted by Crippen LogP contribution is 2.29. The van der Waals surface area contributed by atoms with Gasteiger partial charge in [0, 0.05) is 15.7 Å². The number of halogens is 2. The zero-order chi connectivity index (χ0) is 14.5. The van der Waals surface area contributed by atoms with Gasteiger partial charge in [0.15, 0.2) is 0 Å². The molecular formula is C16H17Cl2NO. The summed E-state index contributed by atoms with van der Waals surface area (Å²) in [6, 6.07) is 13.4. The van der Waals surface area contributed by atoms with Gasteiger partial charge in [-0.25, -0.2) is 0 Å². The van der Waals surface area contributed by atoms with Gasteiger partial charge in [0.05, 0.1) is 12.6 Å². The molecule has 0 heterocycles. The van der Waals surface area contributed by atoms with E-state index in [9.17, 15) is 0 Å². The number of benzene rings is 2. The van der Waals surface area contributed by atoms with Crippen LogP contribution in [0.2, 0.25) is 10.0 Å². The lowest BCUT2D eigenvalue weighted by molar-refractivity contribution is 0.340. The minimum absolute atomic E-state index is 0.0687. The van der Waals surface area contributed by atoms with E-state index in [0.29, 0.717) is 16.7 Å². The number of rotatable bonds is 5. The highest BCUT2D eigenvalue weighted by atomic mass is 35.5. The van der Waals surface area contributed by atoms with Crippen LogP contribution in [-0.2, 0) is 0 Å². The van der Waals surface area contributed by atoms with Crippen molar-refractivity contribution in [3.63, 3.8) is 0 Å². The Morgan fingerprint density at radius 2 is 1.80 bits per heavy atom. The van der Waals surface area contributed by atoms with Crippen molar-refractivity contribution in [2.45, 2.75) is 19.9 Å². The van der Waals surface area contributed by atoms with E-state index in [1.807, 2.05) is 50.2 Å². The van der Waals surface area contributed by atoms with E-state index in [2.05, 4.69) is 5.32 Å². The van der Waals surface area contributed by atoms with Gasteiger partial charge in [-0.15, -0.1) is 0 Å². The average molecular weight is 310 g/mol. The standard InChI is InChI=1S/C16H17Cl2NO/c1-3-20-14-7-5-13(6-8-14)19-11(2)15-10-12(17)4-9-16(15)18/h4-11,19H,3H2,1-2H3. The number of ether oxygens (including phenoxy) is 1. The molecule has 0 saturated heterocycles. The molecule has 106 valence electrons. The minimum Gasteiger partial charge on any atom is -0.494 e. The van der Waals surface area contributed by atoms with Gasteiger partial charge in [0.2, 0.25) is 0 Å². The first-order valence-electron chi connectivity index (χ1n) is 6.54.